The van der Waals surface area contributed by atoms with Gasteiger partial charge in [0.05, 0.1) is 12.2 Å². The van der Waals surface area contributed by atoms with Gasteiger partial charge in [-0.3, -0.25) is 9.59 Å². The zero-order chi connectivity index (χ0) is 18.1. The number of aldehydes is 1. The van der Waals surface area contributed by atoms with Gasteiger partial charge in [0, 0.05) is 17.4 Å². The Hall–Kier alpha value is -1.52. The largest absolute Gasteiger partial charge is 0.392 e. The maximum absolute atomic E-state index is 12.8. The summed E-state index contributed by atoms with van der Waals surface area (Å²) in [6.07, 6.45) is 8.28. The minimum Gasteiger partial charge on any atom is -0.392 e. The number of hydrogen-bond acceptors (Lipinski definition) is 4. The zero-order valence-corrected chi connectivity index (χ0v) is 15.0. The highest BCUT2D eigenvalue weighted by atomic mass is 16.3. The molecule has 0 aromatic rings. The normalized spacial score (nSPS) is 31.2. The van der Waals surface area contributed by atoms with Crippen molar-refractivity contribution in [2.75, 3.05) is 6.61 Å². The van der Waals surface area contributed by atoms with E-state index in [2.05, 4.69) is 6.92 Å². The molecule has 0 aromatic carbocycles. The Labute approximate surface area is 144 Å². The van der Waals surface area contributed by atoms with E-state index in [9.17, 15) is 19.8 Å². The van der Waals surface area contributed by atoms with Crippen molar-refractivity contribution < 1.29 is 19.8 Å². The predicted molar refractivity (Wildman–Crippen MR) is 93.3 cm³/mol. The van der Waals surface area contributed by atoms with Crippen LogP contribution < -0.4 is 0 Å². The molecule has 0 bridgehead atoms. The van der Waals surface area contributed by atoms with E-state index in [0.717, 1.165) is 17.4 Å². The smallest absolute Gasteiger partial charge is 0.164 e. The number of rotatable bonds is 5. The van der Waals surface area contributed by atoms with Gasteiger partial charge in [-0.2, -0.15) is 0 Å². The summed E-state index contributed by atoms with van der Waals surface area (Å²) in [7, 11) is 0. The van der Waals surface area contributed by atoms with Crippen molar-refractivity contribution in [3.63, 3.8) is 0 Å². The first-order valence-electron chi connectivity index (χ1n) is 8.52. The van der Waals surface area contributed by atoms with Crippen LogP contribution in [0.5, 0.6) is 0 Å². The van der Waals surface area contributed by atoms with Crippen LogP contribution in [0.2, 0.25) is 0 Å². The number of carbonyl (C=O) groups is 2. The van der Waals surface area contributed by atoms with Crippen LogP contribution in [0.1, 0.15) is 47.0 Å². The highest BCUT2D eigenvalue weighted by molar-refractivity contribution is 6.00. The van der Waals surface area contributed by atoms with E-state index >= 15 is 0 Å². The van der Waals surface area contributed by atoms with Crippen LogP contribution in [-0.2, 0) is 9.59 Å². The van der Waals surface area contributed by atoms with Crippen molar-refractivity contribution in [1.82, 2.24) is 0 Å². The molecule has 2 aliphatic carbocycles. The molecular formula is C20H28O4. The third-order valence-corrected chi connectivity index (χ3v) is 5.38. The molecule has 0 saturated heterocycles. The molecule has 0 fully saturated rings. The van der Waals surface area contributed by atoms with Gasteiger partial charge in [0.15, 0.2) is 5.78 Å². The number of hydrogen-bond donors (Lipinski definition) is 2. The topological polar surface area (TPSA) is 74.6 Å². The van der Waals surface area contributed by atoms with Crippen LogP contribution in [0.25, 0.3) is 0 Å². The van der Waals surface area contributed by atoms with Crippen LogP contribution in [-0.4, -0.2) is 34.5 Å². The number of fused-ring (bicyclic) bond motifs is 1. The van der Waals surface area contributed by atoms with Gasteiger partial charge >= 0.3 is 0 Å². The van der Waals surface area contributed by atoms with E-state index < -0.39 is 5.60 Å². The molecule has 0 heterocycles. The van der Waals surface area contributed by atoms with Crippen LogP contribution in [0.15, 0.2) is 34.9 Å². The molecule has 4 nitrogen and oxygen atoms in total. The summed E-state index contributed by atoms with van der Waals surface area (Å²) in [5.41, 5.74) is 0.982. The monoisotopic (exact) mass is 332 g/mol. The lowest BCUT2D eigenvalue weighted by Crippen LogP contribution is -2.34. The average Bonchev–Trinajstić information content (AvgIpc) is 2.78. The Morgan fingerprint density at radius 2 is 2.08 bits per heavy atom. The number of Topliss-reactive ketones (excluding diaryl/α,β-unsaturated/α-hetero) is 1. The predicted octanol–water partition coefficient (Wildman–Crippen LogP) is 2.75. The summed E-state index contributed by atoms with van der Waals surface area (Å²) in [6, 6.07) is 0. The Morgan fingerprint density at radius 3 is 2.62 bits per heavy atom. The van der Waals surface area contributed by atoms with Crippen LogP contribution >= 0.6 is 0 Å². The summed E-state index contributed by atoms with van der Waals surface area (Å²) in [5.74, 6) is -0.449. The molecule has 0 unspecified atom stereocenters. The van der Waals surface area contributed by atoms with Crippen molar-refractivity contribution in [3.8, 4) is 0 Å². The van der Waals surface area contributed by atoms with E-state index in [1.165, 1.54) is 0 Å². The Balaban J connectivity index is 2.43. The van der Waals surface area contributed by atoms with Gasteiger partial charge < -0.3 is 10.2 Å². The fourth-order valence-electron chi connectivity index (χ4n) is 4.12. The number of aliphatic hydroxyl groups excluding tert-OH is 1. The minimum absolute atomic E-state index is 0.0334. The lowest BCUT2D eigenvalue weighted by atomic mass is 9.66. The van der Waals surface area contributed by atoms with Gasteiger partial charge in [-0.05, 0) is 51.0 Å². The number of allylic oxidation sites excluding steroid dienone is 4. The second-order valence-electron chi connectivity index (χ2n) is 8.01. The molecule has 2 N–H and O–H groups in total. The van der Waals surface area contributed by atoms with Gasteiger partial charge in [-0.1, -0.05) is 30.7 Å². The molecule has 132 valence electrons. The maximum atomic E-state index is 12.8. The van der Waals surface area contributed by atoms with E-state index in [4.69, 9.17) is 0 Å². The van der Waals surface area contributed by atoms with Crippen molar-refractivity contribution in [3.05, 3.63) is 34.9 Å². The van der Waals surface area contributed by atoms with E-state index in [-0.39, 0.29) is 29.6 Å². The van der Waals surface area contributed by atoms with Gasteiger partial charge in [0.25, 0.3) is 0 Å². The molecule has 2 aliphatic rings. The van der Waals surface area contributed by atoms with E-state index in [1.54, 1.807) is 19.9 Å². The van der Waals surface area contributed by atoms with Gasteiger partial charge in [-0.25, -0.2) is 0 Å². The van der Waals surface area contributed by atoms with Crippen molar-refractivity contribution in [2.45, 2.75) is 52.6 Å². The average molecular weight is 332 g/mol. The number of carbonyl (C=O) groups excluding carboxylic acids is 2. The summed E-state index contributed by atoms with van der Waals surface area (Å²) in [4.78, 5) is 24.4. The third-order valence-electron chi connectivity index (χ3n) is 5.38. The zero-order valence-electron chi connectivity index (χ0n) is 15.0. The first-order valence-corrected chi connectivity index (χ1v) is 8.52. The van der Waals surface area contributed by atoms with Crippen molar-refractivity contribution in [2.24, 2.45) is 17.3 Å². The van der Waals surface area contributed by atoms with E-state index in [1.807, 2.05) is 19.1 Å². The van der Waals surface area contributed by atoms with Gasteiger partial charge in [0.2, 0.25) is 0 Å². The fraction of sp³-hybridized carbons (Fsp3) is 0.600. The number of aliphatic hydroxyl groups is 2. The molecule has 0 spiro atoms. The second kappa shape index (κ2) is 6.77. The second-order valence-corrected chi connectivity index (χ2v) is 8.01. The van der Waals surface area contributed by atoms with Gasteiger partial charge in [0.1, 0.15) is 6.29 Å². The summed E-state index contributed by atoms with van der Waals surface area (Å²) in [5, 5.41) is 19.4. The summed E-state index contributed by atoms with van der Waals surface area (Å²) < 4.78 is 0. The fourth-order valence-corrected chi connectivity index (χ4v) is 4.12. The Bertz CT molecular complexity index is 618. The standard InChI is InChI=1S/C20H28O4/c1-13-10-15-17(16(13)12-22)20(4,8-5-7-19(2,3)24)9-6-14(11-21)18(15)23/h5-7,12,15,17,21,24H,8-11H2,1-4H3/b7-5+/t15-,17+,20-/m0/s1. The molecule has 4 heteroatoms. The molecule has 24 heavy (non-hydrogen) atoms. The Kier molecular flexibility index (Phi) is 5.31. The molecule has 0 aliphatic heterocycles. The van der Waals surface area contributed by atoms with Crippen molar-refractivity contribution >= 4 is 12.1 Å². The summed E-state index contributed by atoms with van der Waals surface area (Å²) in [6.45, 7) is 7.18. The minimum atomic E-state index is -0.892. The third kappa shape index (κ3) is 3.60. The molecular weight excluding hydrogens is 304 g/mol. The quantitative estimate of drug-likeness (QED) is 0.600. The Morgan fingerprint density at radius 1 is 1.42 bits per heavy atom. The highest BCUT2D eigenvalue weighted by Crippen LogP contribution is 2.52. The van der Waals surface area contributed by atoms with Crippen molar-refractivity contribution in [1.29, 1.82) is 0 Å². The first kappa shape index (κ1) is 18.8. The van der Waals surface area contributed by atoms with Crippen LogP contribution in [0.4, 0.5) is 0 Å². The van der Waals surface area contributed by atoms with Crippen LogP contribution in [0.3, 0.4) is 0 Å². The first-order chi connectivity index (χ1) is 11.1. The molecule has 3 atom stereocenters. The molecule has 0 saturated carbocycles. The maximum Gasteiger partial charge on any atom is 0.164 e. The van der Waals surface area contributed by atoms with Crippen LogP contribution in [0, 0.1) is 17.3 Å². The molecule has 2 rings (SSSR count). The van der Waals surface area contributed by atoms with E-state index in [0.29, 0.717) is 24.8 Å². The SMILES string of the molecule is CC1=C(C=O)[C@H]2[C@H](C1)C(=O)C(CO)=CC[C@]2(C)C/C=C/C(C)(C)O. The van der Waals surface area contributed by atoms with Gasteiger partial charge in [-0.15, -0.1) is 0 Å². The molecule has 0 radical (unpaired) electrons. The lowest BCUT2D eigenvalue weighted by Gasteiger charge is -2.37. The highest BCUT2D eigenvalue weighted by Gasteiger charge is 2.49. The lowest BCUT2D eigenvalue weighted by molar-refractivity contribution is -0.121. The molecule has 0 amide bonds. The summed E-state index contributed by atoms with van der Waals surface area (Å²) >= 11 is 0. The molecule has 0 aromatic heterocycles. The number of ketones is 1.